The van der Waals surface area contributed by atoms with Gasteiger partial charge in [0.05, 0.1) is 6.10 Å². The van der Waals surface area contributed by atoms with E-state index in [1.165, 1.54) is 0 Å². The molecule has 0 saturated heterocycles. The highest BCUT2D eigenvalue weighted by Crippen LogP contribution is 2.26. The topological polar surface area (TPSA) is 46.0 Å². The van der Waals surface area contributed by atoms with Crippen LogP contribution >= 0.6 is 0 Å². The average molecular weight is 192 g/mol. The Hall–Kier alpha value is -0.960. The molecule has 2 rings (SSSR count). The van der Waals surface area contributed by atoms with Crippen molar-refractivity contribution in [3.8, 4) is 0 Å². The van der Waals surface area contributed by atoms with Crippen LogP contribution in [0.4, 0.5) is 0 Å². The lowest BCUT2D eigenvalue weighted by Crippen LogP contribution is -2.20. The Labute approximate surface area is 84.2 Å². The van der Waals surface area contributed by atoms with E-state index < -0.39 is 0 Å². The molecule has 1 aromatic rings. The summed E-state index contributed by atoms with van der Waals surface area (Å²) in [5.74, 6) is 1.61. The van der Waals surface area contributed by atoms with Crippen LogP contribution in [-0.2, 0) is 6.42 Å². The highest BCUT2D eigenvalue weighted by atomic mass is 16.3. The van der Waals surface area contributed by atoms with Crippen molar-refractivity contribution in [2.45, 2.75) is 38.2 Å². The van der Waals surface area contributed by atoms with Gasteiger partial charge in [-0.2, -0.15) is 0 Å². The monoisotopic (exact) mass is 192 g/mol. The summed E-state index contributed by atoms with van der Waals surface area (Å²) in [6, 6.07) is 1.84. The first-order valence-electron chi connectivity index (χ1n) is 5.28. The summed E-state index contributed by atoms with van der Waals surface area (Å²) >= 11 is 0. The predicted molar refractivity (Wildman–Crippen MR) is 53.7 cm³/mol. The molecule has 0 aromatic carbocycles. The Kier molecular flexibility index (Phi) is 3.09. The average Bonchev–Trinajstić information content (AvgIpc) is 2.23. The molecule has 0 aliphatic heterocycles. The van der Waals surface area contributed by atoms with E-state index in [-0.39, 0.29) is 6.10 Å². The van der Waals surface area contributed by atoms with Gasteiger partial charge in [-0.1, -0.05) is 0 Å². The molecule has 0 amide bonds. The number of aromatic nitrogens is 2. The number of nitrogens with zero attached hydrogens (tertiary/aromatic N) is 2. The molecular weight excluding hydrogens is 176 g/mol. The number of aliphatic hydroxyl groups is 1. The van der Waals surface area contributed by atoms with E-state index in [0.29, 0.717) is 5.92 Å². The largest absolute Gasteiger partial charge is 0.393 e. The molecule has 0 atom stereocenters. The summed E-state index contributed by atoms with van der Waals surface area (Å²) in [6.07, 6.45) is 8.59. The van der Waals surface area contributed by atoms with Crippen LogP contribution in [0.5, 0.6) is 0 Å². The maximum Gasteiger partial charge on any atom is 0.128 e. The summed E-state index contributed by atoms with van der Waals surface area (Å²) in [5, 5.41) is 9.36. The van der Waals surface area contributed by atoms with E-state index in [9.17, 15) is 5.11 Å². The molecule has 0 radical (unpaired) electrons. The molecule has 1 aliphatic rings. The standard InChI is InChI=1S/C11H16N2O/c14-10-4-2-9(3-5-10)8-11-12-6-1-7-13-11/h1,6-7,9-10,14H,2-5,8H2. The van der Waals surface area contributed by atoms with Crippen molar-refractivity contribution < 1.29 is 5.11 Å². The first kappa shape index (κ1) is 9.59. The van der Waals surface area contributed by atoms with Crippen LogP contribution in [0.25, 0.3) is 0 Å². The van der Waals surface area contributed by atoms with E-state index in [1.807, 2.05) is 6.07 Å². The first-order chi connectivity index (χ1) is 6.84. The van der Waals surface area contributed by atoms with Crippen molar-refractivity contribution in [1.82, 2.24) is 9.97 Å². The molecular formula is C11H16N2O. The van der Waals surface area contributed by atoms with Crippen LogP contribution in [-0.4, -0.2) is 21.2 Å². The van der Waals surface area contributed by atoms with Gasteiger partial charge in [0.2, 0.25) is 0 Å². The minimum Gasteiger partial charge on any atom is -0.393 e. The number of hydrogen-bond acceptors (Lipinski definition) is 3. The van der Waals surface area contributed by atoms with Crippen molar-refractivity contribution in [1.29, 1.82) is 0 Å². The fourth-order valence-electron chi connectivity index (χ4n) is 2.04. The van der Waals surface area contributed by atoms with Crippen LogP contribution in [0.1, 0.15) is 31.5 Å². The predicted octanol–water partition coefficient (Wildman–Crippen LogP) is 1.57. The zero-order valence-electron chi connectivity index (χ0n) is 8.26. The van der Waals surface area contributed by atoms with E-state index in [0.717, 1.165) is 37.9 Å². The van der Waals surface area contributed by atoms with Crippen molar-refractivity contribution in [3.05, 3.63) is 24.3 Å². The van der Waals surface area contributed by atoms with Crippen LogP contribution in [0.2, 0.25) is 0 Å². The minimum atomic E-state index is -0.0667. The van der Waals surface area contributed by atoms with Gasteiger partial charge in [0.1, 0.15) is 5.82 Å². The normalized spacial score (nSPS) is 27.5. The Morgan fingerprint density at radius 2 is 1.79 bits per heavy atom. The summed E-state index contributed by atoms with van der Waals surface area (Å²) < 4.78 is 0. The Balaban J connectivity index is 1.87. The van der Waals surface area contributed by atoms with E-state index in [1.54, 1.807) is 12.4 Å². The van der Waals surface area contributed by atoms with E-state index in [2.05, 4.69) is 9.97 Å². The van der Waals surface area contributed by atoms with Gasteiger partial charge in [0.25, 0.3) is 0 Å². The lowest BCUT2D eigenvalue weighted by Gasteiger charge is -2.24. The number of aliphatic hydroxyl groups excluding tert-OH is 1. The lowest BCUT2D eigenvalue weighted by atomic mass is 9.85. The van der Waals surface area contributed by atoms with Gasteiger partial charge in [-0.15, -0.1) is 0 Å². The van der Waals surface area contributed by atoms with Crippen LogP contribution in [0, 0.1) is 5.92 Å². The molecule has 1 saturated carbocycles. The molecule has 0 unspecified atom stereocenters. The molecule has 1 heterocycles. The van der Waals surface area contributed by atoms with Crippen molar-refractivity contribution >= 4 is 0 Å². The van der Waals surface area contributed by atoms with Crippen molar-refractivity contribution in [2.24, 2.45) is 5.92 Å². The first-order valence-corrected chi connectivity index (χ1v) is 5.28. The zero-order valence-corrected chi connectivity index (χ0v) is 8.26. The third kappa shape index (κ3) is 2.51. The fraction of sp³-hybridized carbons (Fsp3) is 0.636. The Morgan fingerprint density at radius 3 is 2.43 bits per heavy atom. The summed E-state index contributed by atoms with van der Waals surface area (Å²) in [6.45, 7) is 0. The second kappa shape index (κ2) is 4.51. The van der Waals surface area contributed by atoms with Gasteiger partial charge >= 0.3 is 0 Å². The molecule has 1 N–H and O–H groups in total. The molecule has 1 fully saturated rings. The maximum absolute atomic E-state index is 9.36. The number of rotatable bonds is 2. The van der Waals surface area contributed by atoms with Crippen LogP contribution in [0.15, 0.2) is 18.5 Å². The fourth-order valence-corrected chi connectivity index (χ4v) is 2.04. The second-order valence-electron chi connectivity index (χ2n) is 4.04. The highest BCUT2D eigenvalue weighted by Gasteiger charge is 2.20. The Bertz CT molecular complexity index is 268. The lowest BCUT2D eigenvalue weighted by molar-refractivity contribution is 0.108. The quantitative estimate of drug-likeness (QED) is 0.773. The smallest absolute Gasteiger partial charge is 0.128 e. The Morgan fingerprint density at radius 1 is 1.14 bits per heavy atom. The molecule has 3 nitrogen and oxygen atoms in total. The summed E-state index contributed by atoms with van der Waals surface area (Å²) in [5.41, 5.74) is 0. The van der Waals surface area contributed by atoms with Crippen LogP contribution < -0.4 is 0 Å². The highest BCUT2D eigenvalue weighted by molar-refractivity contribution is 4.91. The molecule has 1 aliphatic carbocycles. The zero-order chi connectivity index (χ0) is 9.80. The molecule has 0 spiro atoms. The van der Waals surface area contributed by atoms with Gasteiger partial charge in [-0.25, -0.2) is 9.97 Å². The van der Waals surface area contributed by atoms with Gasteiger partial charge < -0.3 is 5.11 Å². The SMILES string of the molecule is OC1CCC(Cc2ncccn2)CC1. The second-order valence-corrected chi connectivity index (χ2v) is 4.04. The molecule has 3 heteroatoms. The van der Waals surface area contributed by atoms with Gasteiger partial charge in [0.15, 0.2) is 0 Å². The minimum absolute atomic E-state index is 0.0667. The third-order valence-electron chi connectivity index (χ3n) is 2.91. The van der Waals surface area contributed by atoms with Gasteiger partial charge in [-0.05, 0) is 37.7 Å². The van der Waals surface area contributed by atoms with E-state index in [4.69, 9.17) is 0 Å². The van der Waals surface area contributed by atoms with E-state index >= 15 is 0 Å². The molecule has 0 bridgehead atoms. The molecule has 14 heavy (non-hydrogen) atoms. The third-order valence-corrected chi connectivity index (χ3v) is 2.91. The van der Waals surface area contributed by atoms with Crippen LogP contribution in [0.3, 0.4) is 0 Å². The summed E-state index contributed by atoms with van der Waals surface area (Å²) in [7, 11) is 0. The van der Waals surface area contributed by atoms with Gasteiger partial charge in [-0.3, -0.25) is 0 Å². The maximum atomic E-state index is 9.36. The number of hydrogen-bond donors (Lipinski definition) is 1. The molecule has 76 valence electrons. The summed E-state index contributed by atoms with van der Waals surface area (Å²) in [4.78, 5) is 8.44. The van der Waals surface area contributed by atoms with Crippen molar-refractivity contribution in [2.75, 3.05) is 0 Å². The molecule has 1 aromatic heterocycles. The van der Waals surface area contributed by atoms with Crippen molar-refractivity contribution in [3.63, 3.8) is 0 Å². The van der Waals surface area contributed by atoms with Gasteiger partial charge in [0, 0.05) is 18.8 Å².